The fourth-order valence-corrected chi connectivity index (χ4v) is 1.84. The van der Waals surface area contributed by atoms with Crippen LogP contribution in [-0.4, -0.2) is 12.5 Å². The van der Waals surface area contributed by atoms with Gasteiger partial charge >= 0.3 is 0 Å². The minimum Gasteiger partial charge on any atom is -0.482 e. The summed E-state index contributed by atoms with van der Waals surface area (Å²) < 4.78 is 5.44. The van der Waals surface area contributed by atoms with Crippen LogP contribution in [0.3, 0.4) is 0 Å². The van der Waals surface area contributed by atoms with Crippen molar-refractivity contribution in [3.05, 3.63) is 53.6 Å². The predicted octanol–water partition coefficient (Wildman–Crippen LogP) is 2.90. The van der Waals surface area contributed by atoms with Gasteiger partial charge in [-0.1, -0.05) is 24.3 Å². The fourth-order valence-electron chi connectivity index (χ4n) is 1.84. The molecule has 20 heavy (non-hydrogen) atoms. The number of amides is 1. The predicted molar refractivity (Wildman–Crippen MR) is 80.9 cm³/mol. The second-order valence-corrected chi connectivity index (χ2v) is 4.69. The van der Waals surface area contributed by atoms with Gasteiger partial charge in [0.25, 0.3) is 5.91 Å². The molecule has 0 saturated heterocycles. The summed E-state index contributed by atoms with van der Waals surface area (Å²) in [5, 5.41) is 2.78. The summed E-state index contributed by atoms with van der Waals surface area (Å²) in [4.78, 5) is 11.8. The van der Waals surface area contributed by atoms with E-state index in [4.69, 9.17) is 10.5 Å². The quantitative estimate of drug-likeness (QED) is 0.840. The van der Waals surface area contributed by atoms with Gasteiger partial charge in [0.2, 0.25) is 0 Å². The lowest BCUT2D eigenvalue weighted by Gasteiger charge is -2.11. The van der Waals surface area contributed by atoms with Gasteiger partial charge in [-0.2, -0.15) is 0 Å². The summed E-state index contributed by atoms with van der Waals surface area (Å²) in [5.74, 6) is 0.320. The Morgan fingerprint density at radius 1 is 1.20 bits per heavy atom. The molecule has 4 heteroatoms. The van der Waals surface area contributed by atoms with Gasteiger partial charge in [0.05, 0.1) is 5.69 Å². The third kappa shape index (κ3) is 3.51. The number of hydrogen-bond acceptors (Lipinski definition) is 3. The van der Waals surface area contributed by atoms with Gasteiger partial charge in [0.1, 0.15) is 5.75 Å². The molecule has 0 unspecified atom stereocenters. The van der Waals surface area contributed by atoms with Gasteiger partial charge in [0.15, 0.2) is 6.61 Å². The molecule has 0 aliphatic rings. The van der Waals surface area contributed by atoms with Gasteiger partial charge in [-0.05, 0) is 43.2 Å². The highest BCUT2D eigenvalue weighted by Gasteiger charge is 2.07. The number of carbonyl (C=O) groups is 1. The molecule has 0 bridgehead atoms. The number of nitrogens with two attached hydrogens (primary N) is 1. The third-order valence-corrected chi connectivity index (χ3v) is 2.94. The second-order valence-electron chi connectivity index (χ2n) is 4.69. The summed E-state index contributed by atoms with van der Waals surface area (Å²) in [6.45, 7) is 3.80. The van der Waals surface area contributed by atoms with Crippen LogP contribution in [-0.2, 0) is 4.79 Å². The molecule has 0 aliphatic carbocycles. The van der Waals surface area contributed by atoms with E-state index in [1.54, 1.807) is 6.07 Å². The molecule has 4 nitrogen and oxygen atoms in total. The van der Waals surface area contributed by atoms with Gasteiger partial charge in [-0.15, -0.1) is 0 Å². The van der Waals surface area contributed by atoms with Gasteiger partial charge in [0, 0.05) is 5.69 Å². The van der Waals surface area contributed by atoms with Crippen LogP contribution in [0.1, 0.15) is 11.1 Å². The highest BCUT2D eigenvalue weighted by atomic mass is 16.5. The first-order valence-corrected chi connectivity index (χ1v) is 6.40. The van der Waals surface area contributed by atoms with Gasteiger partial charge < -0.3 is 15.8 Å². The van der Waals surface area contributed by atoms with Crippen molar-refractivity contribution in [2.24, 2.45) is 0 Å². The van der Waals surface area contributed by atoms with Crippen molar-refractivity contribution in [3.63, 3.8) is 0 Å². The highest BCUT2D eigenvalue weighted by molar-refractivity contribution is 5.92. The number of hydrogen-bond donors (Lipinski definition) is 2. The molecule has 0 heterocycles. The average Bonchev–Trinajstić information content (AvgIpc) is 2.40. The number of nitrogen functional groups attached to an aromatic ring is 1. The molecule has 0 aliphatic heterocycles. The molecule has 2 aromatic carbocycles. The average molecular weight is 270 g/mol. The molecular formula is C16H18N2O2. The number of carbonyl (C=O) groups excluding carboxylic acids is 1. The van der Waals surface area contributed by atoms with Crippen LogP contribution in [0.2, 0.25) is 0 Å². The van der Waals surface area contributed by atoms with E-state index < -0.39 is 0 Å². The van der Waals surface area contributed by atoms with E-state index in [1.165, 1.54) is 0 Å². The van der Waals surface area contributed by atoms with E-state index >= 15 is 0 Å². The Bertz CT molecular complexity index is 624. The van der Waals surface area contributed by atoms with E-state index in [0.29, 0.717) is 11.4 Å². The van der Waals surface area contributed by atoms with Gasteiger partial charge in [-0.25, -0.2) is 0 Å². The molecule has 2 aromatic rings. The van der Waals surface area contributed by atoms with Crippen molar-refractivity contribution >= 4 is 17.3 Å². The van der Waals surface area contributed by atoms with E-state index in [9.17, 15) is 4.79 Å². The Balaban J connectivity index is 1.94. The molecule has 104 valence electrons. The van der Waals surface area contributed by atoms with Crippen molar-refractivity contribution in [2.75, 3.05) is 17.7 Å². The minimum absolute atomic E-state index is 0.0679. The topological polar surface area (TPSA) is 64.3 Å². The van der Waals surface area contributed by atoms with Gasteiger partial charge in [-0.3, -0.25) is 4.79 Å². The SMILES string of the molecule is Cc1cccc(NC(=O)COc2cccc(C)c2N)c1. The highest BCUT2D eigenvalue weighted by Crippen LogP contribution is 2.24. The first-order chi connectivity index (χ1) is 9.56. The molecule has 0 saturated carbocycles. The van der Waals surface area contributed by atoms with E-state index in [2.05, 4.69) is 5.32 Å². The van der Waals surface area contributed by atoms with Crippen molar-refractivity contribution in [3.8, 4) is 5.75 Å². The maximum atomic E-state index is 11.8. The number of ether oxygens (including phenoxy) is 1. The number of anilines is 2. The zero-order valence-electron chi connectivity index (χ0n) is 11.6. The van der Waals surface area contributed by atoms with Crippen LogP contribution in [0.4, 0.5) is 11.4 Å². The summed E-state index contributed by atoms with van der Waals surface area (Å²) >= 11 is 0. The molecule has 2 rings (SSSR count). The number of nitrogens with one attached hydrogen (secondary N) is 1. The smallest absolute Gasteiger partial charge is 0.262 e. The molecular weight excluding hydrogens is 252 g/mol. The second kappa shape index (κ2) is 6.10. The molecule has 1 amide bonds. The van der Waals surface area contributed by atoms with Crippen molar-refractivity contribution in [2.45, 2.75) is 13.8 Å². The Labute approximate surface area is 118 Å². The molecule has 3 N–H and O–H groups in total. The van der Waals surface area contributed by atoms with Crippen LogP contribution in [0.15, 0.2) is 42.5 Å². The number of aryl methyl sites for hydroxylation is 2. The normalized spacial score (nSPS) is 10.1. The number of para-hydroxylation sites is 1. The third-order valence-electron chi connectivity index (χ3n) is 2.94. The first-order valence-electron chi connectivity index (χ1n) is 6.40. The maximum absolute atomic E-state index is 11.8. The molecule has 0 fully saturated rings. The largest absolute Gasteiger partial charge is 0.482 e. The Morgan fingerprint density at radius 2 is 1.95 bits per heavy atom. The zero-order valence-corrected chi connectivity index (χ0v) is 11.6. The summed E-state index contributed by atoms with van der Waals surface area (Å²) in [5.41, 5.74) is 9.23. The lowest BCUT2D eigenvalue weighted by atomic mass is 10.2. The van der Waals surface area contributed by atoms with Crippen LogP contribution in [0.5, 0.6) is 5.75 Å². The molecule has 0 radical (unpaired) electrons. The van der Waals surface area contributed by atoms with Crippen molar-refractivity contribution < 1.29 is 9.53 Å². The first kappa shape index (κ1) is 13.9. The summed E-state index contributed by atoms with van der Waals surface area (Å²) in [7, 11) is 0. The Morgan fingerprint density at radius 3 is 2.70 bits per heavy atom. The van der Waals surface area contributed by atoms with Crippen LogP contribution >= 0.6 is 0 Å². The molecule has 0 spiro atoms. The maximum Gasteiger partial charge on any atom is 0.262 e. The van der Waals surface area contributed by atoms with E-state index in [1.807, 2.05) is 50.2 Å². The van der Waals surface area contributed by atoms with Crippen molar-refractivity contribution in [1.82, 2.24) is 0 Å². The standard InChI is InChI=1S/C16H18N2O2/c1-11-5-3-7-13(9-11)18-15(19)10-20-14-8-4-6-12(2)16(14)17/h3-9H,10,17H2,1-2H3,(H,18,19). The lowest BCUT2D eigenvalue weighted by Crippen LogP contribution is -2.20. The van der Waals surface area contributed by atoms with Crippen molar-refractivity contribution in [1.29, 1.82) is 0 Å². The van der Waals surface area contributed by atoms with Crippen LogP contribution < -0.4 is 15.8 Å². The number of rotatable bonds is 4. The molecule has 0 atom stereocenters. The summed E-state index contributed by atoms with van der Waals surface area (Å²) in [6, 6.07) is 13.1. The molecule has 0 aromatic heterocycles. The Kier molecular flexibility index (Phi) is 4.25. The van der Waals surface area contributed by atoms with E-state index in [-0.39, 0.29) is 12.5 Å². The monoisotopic (exact) mass is 270 g/mol. The Hall–Kier alpha value is -2.49. The van der Waals surface area contributed by atoms with Crippen LogP contribution in [0.25, 0.3) is 0 Å². The number of benzene rings is 2. The summed E-state index contributed by atoms with van der Waals surface area (Å²) in [6.07, 6.45) is 0. The fraction of sp³-hybridized carbons (Fsp3) is 0.188. The zero-order chi connectivity index (χ0) is 14.5. The minimum atomic E-state index is -0.212. The lowest BCUT2D eigenvalue weighted by molar-refractivity contribution is -0.118. The van der Waals surface area contributed by atoms with E-state index in [0.717, 1.165) is 16.8 Å². The van der Waals surface area contributed by atoms with Crippen LogP contribution in [0, 0.1) is 13.8 Å².